The Balaban J connectivity index is 1.31. The Morgan fingerprint density at radius 2 is 1.92 bits per heavy atom. The van der Waals surface area contributed by atoms with Crippen LogP contribution in [0.5, 0.6) is 0 Å². The number of anilines is 2. The molecule has 11 nitrogen and oxygen atoms in total. The molecule has 2 aromatic heterocycles. The van der Waals surface area contributed by atoms with Crippen molar-refractivity contribution in [1.82, 2.24) is 24.3 Å². The molecule has 2 atom stereocenters. The summed E-state index contributed by atoms with van der Waals surface area (Å²) in [6.07, 6.45) is 3.83. The fourth-order valence-electron chi connectivity index (χ4n) is 6.84. The van der Waals surface area contributed by atoms with Crippen molar-refractivity contribution in [3.63, 3.8) is 0 Å². The zero-order valence-corrected chi connectivity index (χ0v) is 27.2. The topological polar surface area (TPSA) is 141 Å². The largest absolute Gasteiger partial charge is 0.477 e. The van der Waals surface area contributed by atoms with Crippen molar-refractivity contribution >= 4 is 28.4 Å². The summed E-state index contributed by atoms with van der Waals surface area (Å²) in [5.41, 5.74) is 0.131. The molecule has 1 saturated carbocycles. The zero-order valence-electron chi connectivity index (χ0n) is 27.2. The molecule has 4 N–H and O–H groups in total. The number of piperazine rings is 1. The van der Waals surface area contributed by atoms with E-state index >= 15 is 8.78 Å². The number of fused-ring (bicyclic) bond motifs is 1. The molecule has 13 heteroatoms. The highest BCUT2D eigenvalue weighted by molar-refractivity contribution is 5.93. The summed E-state index contributed by atoms with van der Waals surface area (Å²) in [5.74, 6) is -3.03. The molecule has 0 amide bonds. The SMILES string of the molecule is CCc1cc(Nc2cc(=O)n(CCCC(c3c(F)cc4c(=O)c(C(=O)O)cn(C5CC5)c4c3F)N3CCNC(C)C3)c(=O)[nH]2)ccc1C. The van der Waals surface area contributed by atoms with Gasteiger partial charge in [0.05, 0.1) is 10.9 Å². The summed E-state index contributed by atoms with van der Waals surface area (Å²) >= 11 is 0. The first kappa shape index (κ1) is 33.3. The van der Waals surface area contributed by atoms with Crippen molar-refractivity contribution in [2.45, 2.75) is 77.5 Å². The molecule has 4 aromatic rings. The number of nitrogens with one attached hydrogen (secondary N) is 3. The maximum absolute atomic E-state index is 16.7. The van der Waals surface area contributed by atoms with Crippen molar-refractivity contribution in [3.05, 3.63) is 101 Å². The lowest BCUT2D eigenvalue weighted by atomic mass is 9.95. The fraction of sp³-hybridized carbons (Fsp3) is 0.429. The van der Waals surface area contributed by atoms with E-state index in [-0.39, 0.29) is 53.8 Å². The highest BCUT2D eigenvalue weighted by atomic mass is 19.1. The molecule has 2 fully saturated rings. The Morgan fingerprint density at radius 3 is 2.58 bits per heavy atom. The Morgan fingerprint density at radius 1 is 1.15 bits per heavy atom. The third kappa shape index (κ3) is 6.56. The second-order valence-electron chi connectivity index (χ2n) is 12.9. The van der Waals surface area contributed by atoms with Crippen LogP contribution in [0.3, 0.4) is 0 Å². The number of aromatic amines is 1. The lowest BCUT2D eigenvalue weighted by molar-refractivity contribution is 0.0694. The van der Waals surface area contributed by atoms with Crippen LogP contribution in [0.25, 0.3) is 10.9 Å². The van der Waals surface area contributed by atoms with Gasteiger partial charge in [0.15, 0.2) is 5.82 Å². The Hall–Kier alpha value is -4.62. The summed E-state index contributed by atoms with van der Waals surface area (Å²) in [5, 5.41) is 15.7. The highest BCUT2D eigenvalue weighted by Crippen LogP contribution is 2.40. The number of carbonyl (C=O) groups is 1. The van der Waals surface area contributed by atoms with E-state index in [1.807, 2.05) is 36.9 Å². The van der Waals surface area contributed by atoms with E-state index in [0.29, 0.717) is 32.5 Å². The molecule has 2 aliphatic rings. The third-order valence-corrected chi connectivity index (χ3v) is 9.48. The number of aromatic nitrogens is 3. The Bertz CT molecular complexity index is 2040. The molecule has 2 unspecified atom stereocenters. The van der Waals surface area contributed by atoms with Crippen LogP contribution >= 0.6 is 0 Å². The fourth-order valence-corrected chi connectivity index (χ4v) is 6.84. The van der Waals surface area contributed by atoms with E-state index in [0.717, 1.165) is 40.1 Å². The molecule has 6 rings (SSSR count). The summed E-state index contributed by atoms with van der Waals surface area (Å²) in [6.45, 7) is 7.65. The minimum Gasteiger partial charge on any atom is -0.477 e. The van der Waals surface area contributed by atoms with Crippen LogP contribution in [0, 0.1) is 18.6 Å². The number of carboxylic acids is 1. The lowest BCUT2D eigenvalue weighted by Gasteiger charge is -2.38. The van der Waals surface area contributed by atoms with Crippen LogP contribution in [0.1, 0.15) is 78.7 Å². The number of aryl methyl sites for hydroxylation is 2. The van der Waals surface area contributed by atoms with Crippen molar-refractivity contribution in [1.29, 1.82) is 0 Å². The van der Waals surface area contributed by atoms with Gasteiger partial charge in [-0.15, -0.1) is 0 Å². The molecule has 0 spiro atoms. The van der Waals surface area contributed by atoms with E-state index < -0.39 is 45.9 Å². The lowest BCUT2D eigenvalue weighted by Crippen LogP contribution is -2.50. The average Bonchev–Trinajstić information content (AvgIpc) is 3.88. The smallest absolute Gasteiger partial charge is 0.341 e. The predicted octanol–water partition coefficient (Wildman–Crippen LogP) is 4.59. The van der Waals surface area contributed by atoms with Gasteiger partial charge in [0, 0.05) is 67.8 Å². The van der Waals surface area contributed by atoms with E-state index in [2.05, 4.69) is 22.5 Å². The van der Waals surface area contributed by atoms with E-state index in [9.17, 15) is 24.3 Å². The number of nitrogens with zero attached hydrogens (tertiary/aromatic N) is 3. The zero-order chi connectivity index (χ0) is 34.3. The molecular weight excluding hydrogens is 622 g/mol. The molecule has 1 aliphatic carbocycles. The first-order valence-corrected chi connectivity index (χ1v) is 16.4. The summed E-state index contributed by atoms with van der Waals surface area (Å²) in [7, 11) is 0. The first-order valence-electron chi connectivity index (χ1n) is 16.4. The Labute approximate surface area is 275 Å². The summed E-state index contributed by atoms with van der Waals surface area (Å²) in [4.78, 5) is 55.7. The van der Waals surface area contributed by atoms with Crippen molar-refractivity contribution in [2.75, 3.05) is 25.0 Å². The van der Waals surface area contributed by atoms with Crippen molar-refractivity contribution in [2.24, 2.45) is 0 Å². The molecule has 3 heterocycles. The monoisotopic (exact) mass is 662 g/mol. The van der Waals surface area contributed by atoms with Gasteiger partial charge in [0.25, 0.3) is 5.56 Å². The van der Waals surface area contributed by atoms with Crippen LogP contribution < -0.4 is 27.3 Å². The summed E-state index contributed by atoms with van der Waals surface area (Å²) < 4.78 is 35.2. The number of hydrogen-bond donors (Lipinski definition) is 4. The number of halogens is 2. The average molecular weight is 663 g/mol. The van der Waals surface area contributed by atoms with E-state index in [1.165, 1.54) is 10.6 Å². The van der Waals surface area contributed by atoms with Crippen LogP contribution in [0.4, 0.5) is 20.3 Å². The van der Waals surface area contributed by atoms with Gasteiger partial charge in [-0.2, -0.15) is 0 Å². The summed E-state index contributed by atoms with van der Waals surface area (Å²) in [6, 6.07) is 7.16. The van der Waals surface area contributed by atoms with Crippen LogP contribution in [0.2, 0.25) is 0 Å². The number of H-pyrrole nitrogens is 1. The van der Waals surface area contributed by atoms with Crippen molar-refractivity contribution in [3.8, 4) is 0 Å². The van der Waals surface area contributed by atoms with E-state index in [4.69, 9.17) is 0 Å². The van der Waals surface area contributed by atoms with Gasteiger partial charge >= 0.3 is 11.7 Å². The maximum atomic E-state index is 16.7. The number of pyridine rings is 1. The number of benzene rings is 2. The molecule has 2 aromatic carbocycles. The van der Waals surface area contributed by atoms with Crippen LogP contribution in [-0.4, -0.2) is 55.8 Å². The van der Waals surface area contributed by atoms with Gasteiger partial charge in [-0.1, -0.05) is 13.0 Å². The highest BCUT2D eigenvalue weighted by Gasteiger charge is 2.34. The van der Waals surface area contributed by atoms with Crippen LogP contribution in [-0.2, 0) is 13.0 Å². The van der Waals surface area contributed by atoms with Gasteiger partial charge < -0.3 is 20.3 Å². The van der Waals surface area contributed by atoms with Gasteiger partial charge in [0.1, 0.15) is 17.2 Å². The normalized spacial score (nSPS) is 17.5. The van der Waals surface area contributed by atoms with Gasteiger partial charge in [-0.3, -0.25) is 24.0 Å². The predicted molar refractivity (Wildman–Crippen MR) is 180 cm³/mol. The molecule has 0 bridgehead atoms. The third-order valence-electron chi connectivity index (χ3n) is 9.48. The minimum absolute atomic E-state index is 0.0165. The molecule has 1 saturated heterocycles. The molecule has 48 heavy (non-hydrogen) atoms. The second kappa shape index (κ2) is 13.5. The minimum atomic E-state index is -1.45. The van der Waals surface area contributed by atoms with E-state index in [1.54, 1.807) is 0 Å². The van der Waals surface area contributed by atoms with Crippen molar-refractivity contribution < 1.29 is 18.7 Å². The molecule has 254 valence electrons. The quantitative estimate of drug-likeness (QED) is 0.183. The van der Waals surface area contributed by atoms with Crippen LogP contribution in [0.15, 0.2) is 50.9 Å². The number of rotatable bonds is 11. The van der Waals surface area contributed by atoms with Gasteiger partial charge in [-0.25, -0.2) is 18.4 Å². The maximum Gasteiger partial charge on any atom is 0.341 e. The molecule has 0 radical (unpaired) electrons. The molecule has 1 aliphatic heterocycles. The molecular formula is C35H40F2N6O5. The number of hydrogen-bond acceptors (Lipinski definition) is 7. The van der Waals surface area contributed by atoms with Gasteiger partial charge in [0.2, 0.25) is 5.43 Å². The second-order valence-corrected chi connectivity index (χ2v) is 12.9. The standard InChI is InChI=1S/C35H40F2N6O5/c1-4-21-14-22(8-7-19(21)2)39-28-16-29(44)42(35(48)40-28)12-5-6-27(41-13-11-38-20(3)17-41)30-26(36)15-24-32(31(30)37)43(23-9-10-23)18-25(33(24)45)34(46)47/h7-8,14-16,18,20,23,27,38-39H,4-6,9-13,17H2,1-3H3,(H,40,48)(H,46,47). The van der Waals surface area contributed by atoms with Gasteiger partial charge in [-0.05, 0) is 75.3 Å². The Kier molecular flexibility index (Phi) is 9.35. The number of aromatic carboxylic acids is 1. The first-order chi connectivity index (χ1) is 23.0. The number of carboxylic acid groups (broad SMARTS) is 1.